The number of amides is 1. The van der Waals surface area contributed by atoms with Gasteiger partial charge in [-0.05, 0) is 90.7 Å². The summed E-state index contributed by atoms with van der Waals surface area (Å²) in [5.74, 6) is 1.78. The lowest BCUT2D eigenvalue weighted by Gasteiger charge is -2.48. The second-order valence-corrected chi connectivity index (χ2v) is 10.5. The average molecular weight is 447 g/mol. The van der Waals surface area contributed by atoms with Crippen molar-refractivity contribution in [2.45, 2.75) is 71.3 Å². The minimum Gasteiger partial charge on any atom is -0.508 e. The number of phenols is 1. The summed E-state index contributed by atoms with van der Waals surface area (Å²) in [5, 5.41) is 13.3. The third-order valence-electron chi connectivity index (χ3n) is 8.81. The van der Waals surface area contributed by atoms with Crippen molar-refractivity contribution in [2.24, 2.45) is 23.2 Å². The van der Waals surface area contributed by atoms with Crippen LogP contribution in [0.25, 0.3) is 0 Å². The monoisotopic (exact) mass is 446 g/mol. The van der Waals surface area contributed by atoms with Crippen LogP contribution in [0.5, 0.6) is 5.75 Å². The predicted molar refractivity (Wildman–Crippen MR) is 127 cm³/mol. The van der Waals surface area contributed by atoms with Crippen LogP contribution in [-0.2, 0) is 29.0 Å². The molecule has 3 aliphatic rings. The molecule has 5 rings (SSSR count). The first-order valence-electron chi connectivity index (χ1n) is 12.4. The maximum absolute atomic E-state index is 13.5. The molecule has 33 heavy (non-hydrogen) atoms. The molecule has 174 valence electrons. The lowest BCUT2D eigenvalue weighted by Crippen LogP contribution is -2.42. The van der Waals surface area contributed by atoms with E-state index in [0.717, 1.165) is 49.7 Å². The van der Waals surface area contributed by atoms with E-state index in [2.05, 4.69) is 30.2 Å². The Morgan fingerprint density at radius 3 is 2.91 bits per heavy atom. The number of hydrogen-bond donors (Lipinski definition) is 2. The molecule has 2 N–H and O–H groups in total. The molecular weight excluding hydrogens is 412 g/mol. The number of aromatic nitrogens is 1. The smallest absolute Gasteiger partial charge is 0.220 e. The van der Waals surface area contributed by atoms with Gasteiger partial charge in [0.1, 0.15) is 11.5 Å². The zero-order chi connectivity index (χ0) is 23.2. The van der Waals surface area contributed by atoms with E-state index in [1.165, 1.54) is 11.1 Å². The lowest BCUT2D eigenvalue weighted by molar-refractivity contribution is -0.134. The number of fused-ring (bicyclic) bond motifs is 5. The maximum atomic E-state index is 13.5. The van der Waals surface area contributed by atoms with Crippen LogP contribution in [0.4, 0.5) is 0 Å². The molecule has 0 bridgehead atoms. The van der Waals surface area contributed by atoms with Gasteiger partial charge in [0.15, 0.2) is 0 Å². The minimum absolute atomic E-state index is 0.0481. The molecule has 1 heterocycles. The van der Waals surface area contributed by atoms with Gasteiger partial charge in [0.25, 0.3) is 0 Å². The molecule has 1 aromatic heterocycles. The Balaban J connectivity index is 1.31. The fourth-order valence-corrected chi connectivity index (χ4v) is 7.05. The van der Waals surface area contributed by atoms with Gasteiger partial charge in [0.2, 0.25) is 5.91 Å². The highest BCUT2D eigenvalue weighted by Crippen LogP contribution is 2.61. The van der Waals surface area contributed by atoms with Crippen molar-refractivity contribution in [3.63, 3.8) is 0 Å². The number of pyridine rings is 1. The van der Waals surface area contributed by atoms with E-state index < -0.39 is 0 Å². The number of phenolic OH excluding ortho intramolecular Hbond substituents is 1. The van der Waals surface area contributed by atoms with E-state index in [-0.39, 0.29) is 23.7 Å². The van der Waals surface area contributed by atoms with Crippen molar-refractivity contribution in [2.75, 3.05) is 0 Å². The summed E-state index contributed by atoms with van der Waals surface area (Å²) >= 11 is 0. The van der Waals surface area contributed by atoms with Crippen LogP contribution in [0, 0.1) is 23.2 Å². The molecule has 1 unspecified atom stereocenters. The molecule has 5 atom stereocenters. The molecule has 5 nitrogen and oxygen atoms in total. The second kappa shape index (κ2) is 8.58. The van der Waals surface area contributed by atoms with Crippen LogP contribution in [0.3, 0.4) is 0 Å². The van der Waals surface area contributed by atoms with Crippen molar-refractivity contribution in [3.05, 3.63) is 58.9 Å². The van der Waals surface area contributed by atoms with E-state index in [1.807, 2.05) is 18.2 Å². The second-order valence-electron chi connectivity index (χ2n) is 10.5. The van der Waals surface area contributed by atoms with E-state index >= 15 is 0 Å². The summed E-state index contributed by atoms with van der Waals surface area (Å²) in [7, 11) is 0. The molecule has 2 aromatic rings. The number of Topliss-reactive ketones (excluding diaryl/α,β-unsaturated/α-hetero) is 1. The fourth-order valence-electron chi connectivity index (χ4n) is 7.05. The van der Waals surface area contributed by atoms with Crippen LogP contribution in [-0.4, -0.2) is 21.8 Å². The van der Waals surface area contributed by atoms with Gasteiger partial charge < -0.3 is 10.4 Å². The first-order chi connectivity index (χ1) is 15.9. The number of aryl methyl sites for hydroxylation is 2. The number of carbonyl (C=O) groups is 2. The quantitative estimate of drug-likeness (QED) is 0.697. The number of nitrogens with one attached hydrogen (secondary N) is 1. The molecule has 1 aromatic carbocycles. The predicted octanol–water partition coefficient (Wildman–Crippen LogP) is 4.71. The molecule has 0 aliphatic heterocycles. The molecule has 5 heteroatoms. The van der Waals surface area contributed by atoms with Gasteiger partial charge in [-0.1, -0.05) is 26.0 Å². The zero-order valence-electron chi connectivity index (χ0n) is 19.6. The van der Waals surface area contributed by atoms with Crippen molar-refractivity contribution in [1.82, 2.24) is 10.3 Å². The summed E-state index contributed by atoms with van der Waals surface area (Å²) in [5.41, 5.74) is 4.36. The average Bonchev–Trinajstić information content (AvgIpc) is 3.08. The summed E-state index contributed by atoms with van der Waals surface area (Å²) < 4.78 is 0. The van der Waals surface area contributed by atoms with Crippen molar-refractivity contribution >= 4 is 11.7 Å². The lowest BCUT2D eigenvalue weighted by atomic mass is 9.55. The van der Waals surface area contributed by atoms with Gasteiger partial charge in [0, 0.05) is 36.7 Å². The van der Waals surface area contributed by atoms with Crippen molar-refractivity contribution in [1.29, 1.82) is 0 Å². The van der Waals surface area contributed by atoms with Crippen LogP contribution in [0.2, 0.25) is 0 Å². The molecule has 0 spiro atoms. The topological polar surface area (TPSA) is 79.3 Å². The summed E-state index contributed by atoms with van der Waals surface area (Å²) in [6, 6.07) is 8.00. The number of benzene rings is 1. The maximum Gasteiger partial charge on any atom is 0.220 e. The number of nitrogens with zero attached hydrogens (tertiary/aromatic N) is 1. The number of hydrogen-bond acceptors (Lipinski definition) is 4. The zero-order valence-corrected chi connectivity index (χ0v) is 19.6. The third kappa shape index (κ3) is 3.85. The Morgan fingerprint density at radius 2 is 2.15 bits per heavy atom. The van der Waals surface area contributed by atoms with Crippen molar-refractivity contribution < 1.29 is 14.7 Å². The van der Waals surface area contributed by atoms with E-state index in [4.69, 9.17) is 0 Å². The molecule has 3 aliphatic carbocycles. The molecule has 0 radical (unpaired) electrons. The standard InChI is InChI=1S/C28H34N2O3/c1-3-18-11-23-19(13-25(18)31)6-7-22-21(23)8-9-28(2)24(22)12-20(27(28)33)14-26(32)30-16-17-5-4-10-29-15-17/h4-5,10-11,13,15,20-22,24,31H,3,6-9,12,14,16H2,1-2H3,(H,30,32)/t20?,21-,22+,24-,28-/m0/s1. The van der Waals surface area contributed by atoms with Crippen LogP contribution < -0.4 is 5.32 Å². The van der Waals surface area contributed by atoms with E-state index in [0.29, 0.717) is 35.8 Å². The number of ketones is 1. The summed E-state index contributed by atoms with van der Waals surface area (Å²) in [6.07, 6.45) is 9.35. The summed E-state index contributed by atoms with van der Waals surface area (Å²) in [6.45, 7) is 4.69. The third-order valence-corrected chi connectivity index (χ3v) is 8.81. The fraction of sp³-hybridized carbons (Fsp3) is 0.536. The number of aromatic hydroxyl groups is 1. The van der Waals surface area contributed by atoms with Gasteiger partial charge in [0.05, 0.1) is 0 Å². The normalized spacial score (nSPS) is 30.3. The van der Waals surface area contributed by atoms with Gasteiger partial charge >= 0.3 is 0 Å². The first-order valence-corrected chi connectivity index (χ1v) is 12.4. The SMILES string of the molecule is CCc1cc2c(cc1O)CC[C@@H]1[C@@H]2CC[C@]2(C)C(=O)C(CC(=O)NCc3cccnc3)C[C@@H]12. The molecule has 2 fully saturated rings. The van der Waals surface area contributed by atoms with Gasteiger partial charge in [-0.2, -0.15) is 0 Å². The van der Waals surface area contributed by atoms with Crippen LogP contribution >= 0.6 is 0 Å². The number of carbonyl (C=O) groups excluding carboxylic acids is 2. The Hall–Kier alpha value is -2.69. The van der Waals surface area contributed by atoms with Gasteiger partial charge in [-0.25, -0.2) is 0 Å². The van der Waals surface area contributed by atoms with Crippen LogP contribution in [0.15, 0.2) is 36.7 Å². The van der Waals surface area contributed by atoms with Gasteiger partial charge in [-0.3, -0.25) is 14.6 Å². The van der Waals surface area contributed by atoms with E-state index in [1.54, 1.807) is 12.4 Å². The minimum atomic E-state index is -0.308. The van der Waals surface area contributed by atoms with Crippen LogP contribution in [0.1, 0.15) is 74.1 Å². The van der Waals surface area contributed by atoms with Crippen molar-refractivity contribution in [3.8, 4) is 5.75 Å². The molecule has 2 saturated carbocycles. The molecule has 0 saturated heterocycles. The highest BCUT2D eigenvalue weighted by molar-refractivity contribution is 5.93. The molecule has 1 amide bonds. The highest BCUT2D eigenvalue weighted by Gasteiger charge is 2.58. The largest absolute Gasteiger partial charge is 0.508 e. The number of rotatable bonds is 5. The molecular formula is C28H34N2O3. The Morgan fingerprint density at radius 1 is 1.30 bits per heavy atom. The highest BCUT2D eigenvalue weighted by atomic mass is 16.3. The van der Waals surface area contributed by atoms with E-state index in [9.17, 15) is 14.7 Å². The Bertz CT molecular complexity index is 1070. The first kappa shape index (κ1) is 22.1. The Labute approximate surface area is 196 Å². The summed E-state index contributed by atoms with van der Waals surface area (Å²) in [4.78, 5) is 30.3. The van der Waals surface area contributed by atoms with Gasteiger partial charge in [-0.15, -0.1) is 0 Å². The Kier molecular flexibility index (Phi) is 5.75.